The van der Waals surface area contributed by atoms with Crippen molar-refractivity contribution in [3.8, 4) is 17.2 Å². The van der Waals surface area contributed by atoms with Gasteiger partial charge in [-0.25, -0.2) is 0 Å². The summed E-state index contributed by atoms with van der Waals surface area (Å²) in [6.07, 6.45) is 2.12. The second-order valence-corrected chi connectivity index (χ2v) is 7.47. The van der Waals surface area contributed by atoms with Gasteiger partial charge in [0.2, 0.25) is 5.75 Å². The van der Waals surface area contributed by atoms with Crippen LogP contribution in [-0.4, -0.2) is 58.6 Å². The molecule has 0 atom stereocenters. The average Bonchev–Trinajstić information content (AvgIpc) is 2.61. The Morgan fingerprint density at radius 2 is 1.60 bits per heavy atom. The molecule has 0 aliphatic carbocycles. The molecule has 1 aliphatic rings. The van der Waals surface area contributed by atoms with Gasteiger partial charge in [0.25, 0.3) is 0 Å². The predicted molar refractivity (Wildman–Crippen MR) is 100 cm³/mol. The fraction of sp³-hybridized carbons (Fsp3) is 0.700. The molecular weight excluding hydrogens is 318 g/mol. The van der Waals surface area contributed by atoms with Crippen LogP contribution in [0.3, 0.4) is 0 Å². The number of ether oxygens (including phenoxy) is 4. The summed E-state index contributed by atoms with van der Waals surface area (Å²) in [5.41, 5.74) is 1.19. The van der Waals surface area contributed by atoms with E-state index in [1.807, 2.05) is 12.1 Å². The molecule has 1 aliphatic heterocycles. The average molecular weight is 351 g/mol. The monoisotopic (exact) mass is 351 g/mol. The molecular formula is C20H33NO4. The number of rotatable bonds is 8. The van der Waals surface area contributed by atoms with Crippen LogP contribution in [0.4, 0.5) is 0 Å². The third-order valence-electron chi connectivity index (χ3n) is 4.55. The Morgan fingerprint density at radius 3 is 2.12 bits per heavy atom. The van der Waals surface area contributed by atoms with Gasteiger partial charge in [-0.2, -0.15) is 0 Å². The zero-order valence-electron chi connectivity index (χ0n) is 16.4. The van der Waals surface area contributed by atoms with E-state index in [9.17, 15) is 0 Å². The van der Waals surface area contributed by atoms with Crippen LogP contribution in [-0.2, 0) is 10.2 Å². The lowest BCUT2D eigenvalue weighted by Crippen LogP contribution is -2.36. The van der Waals surface area contributed by atoms with Gasteiger partial charge in [0.05, 0.1) is 34.0 Å². The molecule has 142 valence electrons. The summed E-state index contributed by atoms with van der Waals surface area (Å²) >= 11 is 0. The highest BCUT2D eigenvalue weighted by Crippen LogP contribution is 2.41. The van der Waals surface area contributed by atoms with E-state index >= 15 is 0 Å². The van der Waals surface area contributed by atoms with E-state index in [1.165, 1.54) is 5.56 Å². The van der Waals surface area contributed by atoms with Crippen molar-refractivity contribution < 1.29 is 18.9 Å². The summed E-state index contributed by atoms with van der Waals surface area (Å²) in [4.78, 5) is 2.45. The van der Waals surface area contributed by atoms with Crippen molar-refractivity contribution >= 4 is 0 Å². The second-order valence-electron chi connectivity index (χ2n) is 7.47. The minimum atomic E-state index is 0.0250. The number of hydrogen-bond donors (Lipinski definition) is 0. The molecule has 5 nitrogen and oxygen atoms in total. The van der Waals surface area contributed by atoms with Crippen LogP contribution < -0.4 is 14.2 Å². The first-order valence-corrected chi connectivity index (χ1v) is 9.15. The first-order valence-electron chi connectivity index (χ1n) is 9.15. The van der Waals surface area contributed by atoms with Crippen molar-refractivity contribution in [2.45, 2.75) is 39.0 Å². The smallest absolute Gasteiger partial charge is 0.203 e. The topological polar surface area (TPSA) is 40.2 Å². The Bertz CT molecular complexity index is 508. The Morgan fingerprint density at radius 1 is 1.00 bits per heavy atom. The molecule has 5 heteroatoms. The lowest BCUT2D eigenvalue weighted by atomic mass is 9.86. The van der Waals surface area contributed by atoms with Gasteiger partial charge < -0.3 is 18.9 Å². The van der Waals surface area contributed by atoms with E-state index in [0.717, 1.165) is 57.2 Å². The van der Waals surface area contributed by atoms with Gasteiger partial charge in [-0.05, 0) is 42.5 Å². The molecule has 1 aromatic carbocycles. The molecule has 0 radical (unpaired) electrons. The van der Waals surface area contributed by atoms with Crippen LogP contribution in [0.15, 0.2) is 12.1 Å². The molecule has 0 bridgehead atoms. The Hall–Kier alpha value is -1.46. The van der Waals surface area contributed by atoms with E-state index in [4.69, 9.17) is 18.9 Å². The Kier molecular flexibility index (Phi) is 7.38. The van der Waals surface area contributed by atoms with Crippen molar-refractivity contribution in [1.82, 2.24) is 4.90 Å². The van der Waals surface area contributed by atoms with Crippen molar-refractivity contribution in [2.75, 3.05) is 53.7 Å². The fourth-order valence-electron chi connectivity index (χ4n) is 2.89. The first-order chi connectivity index (χ1) is 12.0. The molecule has 0 saturated carbocycles. The lowest BCUT2D eigenvalue weighted by molar-refractivity contribution is 0.0367. The zero-order chi connectivity index (χ0) is 18.3. The van der Waals surface area contributed by atoms with Crippen molar-refractivity contribution in [1.29, 1.82) is 0 Å². The lowest BCUT2D eigenvalue weighted by Gasteiger charge is -2.26. The predicted octanol–water partition coefficient (Wildman–Crippen LogP) is 3.49. The van der Waals surface area contributed by atoms with Gasteiger partial charge in [-0.1, -0.05) is 20.8 Å². The highest BCUT2D eigenvalue weighted by molar-refractivity contribution is 5.55. The van der Waals surface area contributed by atoms with Gasteiger partial charge in [0.1, 0.15) is 0 Å². The van der Waals surface area contributed by atoms with Gasteiger partial charge in [-0.3, -0.25) is 4.90 Å². The van der Waals surface area contributed by atoms with Crippen LogP contribution >= 0.6 is 0 Å². The van der Waals surface area contributed by atoms with Crippen LogP contribution in [0.2, 0.25) is 0 Å². The largest absolute Gasteiger partial charge is 0.493 e. The Balaban J connectivity index is 1.91. The molecule has 0 aromatic heterocycles. The number of benzene rings is 1. The molecule has 0 amide bonds. The van der Waals surface area contributed by atoms with Crippen LogP contribution in [0.5, 0.6) is 17.2 Å². The van der Waals surface area contributed by atoms with Crippen LogP contribution in [0, 0.1) is 0 Å². The fourth-order valence-corrected chi connectivity index (χ4v) is 2.89. The van der Waals surface area contributed by atoms with Gasteiger partial charge in [0.15, 0.2) is 11.5 Å². The van der Waals surface area contributed by atoms with Gasteiger partial charge >= 0.3 is 0 Å². The van der Waals surface area contributed by atoms with Crippen molar-refractivity contribution in [3.63, 3.8) is 0 Å². The number of methoxy groups -OCH3 is 2. The highest BCUT2D eigenvalue weighted by Gasteiger charge is 2.21. The number of nitrogens with zero attached hydrogens (tertiary/aromatic N) is 1. The molecule has 0 N–H and O–H groups in total. The van der Waals surface area contributed by atoms with Crippen molar-refractivity contribution in [2.24, 2.45) is 0 Å². The quantitative estimate of drug-likeness (QED) is 0.671. The van der Waals surface area contributed by atoms with E-state index in [-0.39, 0.29) is 5.41 Å². The molecule has 1 fully saturated rings. The molecule has 0 unspecified atom stereocenters. The van der Waals surface area contributed by atoms with E-state index in [1.54, 1.807) is 14.2 Å². The molecule has 1 aromatic rings. The number of hydrogen-bond acceptors (Lipinski definition) is 5. The second kappa shape index (κ2) is 9.30. The van der Waals surface area contributed by atoms with E-state index in [2.05, 4.69) is 25.7 Å². The van der Waals surface area contributed by atoms with Gasteiger partial charge in [-0.15, -0.1) is 0 Å². The normalized spacial score (nSPS) is 15.9. The molecule has 1 saturated heterocycles. The molecule has 1 heterocycles. The summed E-state index contributed by atoms with van der Waals surface area (Å²) in [6, 6.07) is 4.09. The van der Waals surface area contributed by atoms with Crippen molar-refractivity contribution in [3.05, 3.63) is 17.7 Å². The summed E-state index contributed by atoms with van der Waals surface area (Å²) in [5.74, 6) is 2.17. The minimum absolute atomic E-state index is 0.0250. The first kappa shape index (κ1) is 19.9. The third-order valence-corrected chi connectivity index (χ3v) is 4.55. The summed E-state index contributed by atoms with van der Waals surface area (Å²) in [7, 11) is 3.35. The molecule has 0 spiro atoms. The van der Waals surface area contributed by atoms with E-state index in [0.29, 0.717) is 12.4 Å². The maximum absolute atomic E-state index is 6.01. The summed E-state index contributed by atoms with van der Waals surface area (Å²) in [6.45, 7) is 12.1. The number of morpholine rings is 1. The summed E-state index contributed by atoms with van der Waals surface area (Å²) < 4.78 is 22.5. The standard InChI is InChI=1S/C20H33NO4/c1-20(2,3)16-14-17(22-4)19(18(15-16)23-5)25-11-7-6-8-21-9-12-24-13-10-21/h14-15H,6-13H2,1-5H3. The maximum atomic E-state index is 6.01. The molecule has 2 rings (SSSR count). The minimum Gasteiger partial charge on any atom is -0.493 e. The van der Waals surface area contributed by atoms with Crippen LogP contribution in [0.1, 0.15) is 39.2 Å². The Labute approximate surface area is 152 Å². The highest BCUT2D eigenvalue weighted by atomic mass is 16.5. The molecule has 25 heavy (non-hydrogen) atoms. The SMILES string of the molecule is COc1cc(C(C)(C)C)cc(OC)c1OCCCCN1CCOCC1. The maximum Gasteiger partial charge on any atom is 0.203 e. The third kappa shape index (κ3) is 5.79. The van der Waals surface area contributed by atoms with Gasteiger partial charge in [0, 0.05) is 13.1 Å². The summed E-state index contributed by atoms with van der Waals surface area (Å²) in [5, 5.41) is 0. The number of unbranched alkanes of at least 4 members (excludes halogenated alkanes) is 1. The zero-order valence-corrected chi connectivity index (χ0v) is 16.4. The van der Waals surface area contributed by atoms with E-state index < -0.39 is 0 Å². The van der Waals surface area contributed by atoms with Crippen LogP contribution in [0.25, 0.3) is 0 Å².